The van der Waals surface area contributed by atoms with E-state index in [1.165, 1.54) is 12.1 Å². The summed E-state index contributed by atoms with van der Waals surface area (Å²) in [6, 6.07) is 2.70. The van der Waals surface area contributed by atoms with Crippen molar-refractivity contribution in [2.24, 2.45) is 0 Å². The van der Waals surface area contributed by atoms with Crippen molar-refractivity contribution in [2.75, 3.05) is 5.75 Å². The quantitative estimate of drug-likeness (QED) is 0.858. The number of rotatable bonds is 4. The molecule has 0 bridgehead atoms. The molecule has 0 spiro atoms. The summed E-state index contributed by atoms with van der Waals surface area (Å²) in [5, 5.41) is 8.99. The van der Waals surface area contributed by atoms with E-state index in [4.69, 9.17) is 5.11 Å². The summed E-state index contributed by atoms with van der Waals surface area (Å²) in [5.41, 5.74) is 1.23. The van der Waals surface area contributed by atoms with Gasteiger partial charge in [-0.25, -0.2) is 13.2 Å². The smallest absolute Gasteiger partial charge is 0.335 e. The van der Waals surface area contributed by atoms with Crippen LogP contribution < -0.4 is 0 Å². The Kier molecular flexibility index (Phi) is 4.73. The summed E-state index contributed by atoms with van der Waals surface area (Å²) < 4.78 is 24.4. The zero-order valence-electron chi connectivity index (χ0n) is 11.1. The van der Waals surface area contributed by atoms with Crippen molar-refractivity contribution >= 4 is 15.8 Å². The lowest BCUT2D eigenvalue weighted by atomic mass is 10.1. The lowest BCUT2D eigenvalue weighted by molar-refractivity contribution is 0.0696. The SMILES string of the molecule is CC#CCCS(=O)(=O)c1cc(C(=O)O)cc(C)c1C. The van der Waals surface area contributed by atoms with Crippen LogP contribution >= 0.6 is 0 Å². The topological polar surface area (TPSA) is 71.4 Å². The molecule has 0 aliphatic rings. The number of hydrogen-bond acceptors (Lipinski definition) is 3. The molecule has 1 aromatic carbocycles. The van der Waals surface area contributed by atoms with Crippen molar-refractivity contribution in [3.05, 3.63) is 28.8 Å². The van der Waals surface area contributed by atoms with Crippen LogP contribution in [0.15, 0.2) is 17.0 Å². The van der Waals surface area contributed by atoms with Crippen LogP contribution in [0, 0.1) is 25.7 Å². The van der Waals surface area contributed by atoms with Gasteiger partial charge in [-0.2, -0.15) is 0 Å². The van der Waals surface area contributed by atoms with Crippen molar-refractivity contribution in [1.82, 2.24) is 0 Å². The molecule has 0 unspecified atom stereocenters. The van der Waals surface area contributed by atoms with Crippen LogP contribution in [0.4, 0.5) is 0 Å². The molecule has 1 aromatic rings. The summed E-state index contributed by atoms with van der Waals surface area (Å²) >= 11 is 0. The van der Waals surface area contributed by atoms with Gasteiger partial charge in [0.25, 0.3) is 0 Å². The van der Waals surface area contributed by atoms with E-state index >= 15 is 0 Å². The molecule has 5 heteroatoms. The van der Waals surface area contributed by atoms with Crippen molar-refractivity contribution in [2.45, 2.75) is 32.1 Å². The Hall–Kier alpha value is -1.80. The van der Waals surface area contributed by atoms with Crippen molar-refractivity contribution < 1.29 is 18.3 Å². The molecule has 0 heterocycles. The van der Waals surface area contributed by atoms with E-state index in [1.54, 1.807) is 20.8 Å². The molecule has 0 saturated carbocycles. The second-order valence-electron chi connectivity index (χ2n) is 4.22. The van der Waals surface area contributed by atoms with Crippen LogP contribution in [-0.4, -0.2) is 25.2 Å². The monoisotopic (exact) mass is 280 g/mol. The highest BCUT2D eigenvalue weighted by Gasteiger charge is 2.20. The van der Waals surface area contributed by atoms with E-state index in [0.29, 0.717) is 11.1 Å². The molecule has 102 valence electrons. The zero-order chi connectivity index (χ0) is 14.6. The highest BCUT2D eigenvalue weighted by atomic mass is 32.2. The predicted octanol–water partition coefficient (Wildman–Crippen LogP) is 2.19. The number of aryl methyl sites for hydroxylation is 1. The number of sulfone groups is 1. The Balaban J connectivity index is 3.31. The van der Waals surface area contributed by atoms with Crippen molar-refractivity contribution in [3.63, 3.8) is 0 Å². The Morgan fingerprint density at radius 3 is 2.47 bits per heavy atom. The van der Waals surface area contributed by atoms with E-state index in [2.05, 4.69) is 11.8 Å². The minimum atomic E-state index is -3.51. The van der Waals surface area contributed by atoms with Gasteiger partial charge in [-0.15, -0.1) is 11.8 Å². The van der Waals surface area contributed by atoms with Gasteiger partial charge in [0.15, 0.2) is 9.84 Å². The molecule has 19 heavy (non-hydrogen) atoms. The van der Waals surface area contributed by atoms with Crippen molar-refractivity contribution in [1.29, 1.82) is 0 Å². The third-order valence-corrected chi connectivity index (χ3v) is 4.71. The molecule has 0 aliphatic heterocycles. The largest absolute Gasteiger partial charge is 0.478 e. The van der Waals surface area contributed by atoms with Crippen LogP contribution in [0.1, 0.15) is 34.8 Å². The summed E-state index contributed by atoms with van der Waals surface area (Å²) in [5.74, 6) is 4.11. The standard InChI is InChI=1S/C14H16O4S/c1-4-5-6-7-19(17,18)13-9-12(14(15)16)8-10(2)11(13)3/h8-9H,6-7H2,1-3H3,(H,15,16). The summed E-state index contributed by atoms with van der Waals surface area (Å²) in [6.45, 7) is 5.03. The maximum absolute atomic E-state index is 12.2. The van der Waals surface area contributed by atoms with Crippen LogP contribution in [-0.2, 0) is 9.84 Å². The van der Waals surface area contributed by atoms with Gasteiger partial charge in [0.05, 0.1) is 16.2 Å². The fourth-order valence-corrected chi connectivity index (χ4v) is 3.22. The van der Waals surface area contributed by atoms with Gasteiger partial charge < -0.3 is 5.11 Å². The number of carboxylic acids is 1. The third-order valence-electron chi connectivity index (χ3n) is 2.87. The molecule has 0 amide bonds. The average molecular weight is 280 g/mol. The van der Waals surface area contributed by atoms with E-state index in [9.17, 15) is 13.2 Å². The molecule has 4 nitrogen and oxygen atoms in total. The Bertz CT molecular complexity index is 661. The summed E-state index contributed by atoms with van der Waals surface area (Å²) in [4.78, 5) is 11.1. The van der Waals surface area contributed by atoms with Gasteiger partial charge in [0.1, 0.15) is 0 Å². The minimum Gasteiger partial charge on any atom is -0.478 e. The lowest BCUT2D eigenvalue weighted by Gasteiger charge is -2.10. The number of aromatic carboxylic acids is 1. The molecule has 0 fully saturated rings. The number of carbonyl (C=O) groups is 1. The molecule has 0 aliphatic carbocycles. The fourth-order valence-electron chi connectivity index (χ4n) is 1.69. The van der Waals surface area contributed by atoms with Crippen molar-refractivity contribution in [3.8, 4) is 11.8 Å². The normalized spacial score (nSPS) is 10.7. The minimum absolute atomic E-state index is 0.0109. The van der Waals surface area contributed by atoms with Gasteiger partial charge in [-0.1, -0.05) is 0 Å². The first-order valence-corrected chi connectivity index (χ1v) is 7.41. The average Bonchev–Trinajstić information content (AvgIpc) is 2.32. The van der Waals surface area contributed by atoms with Crippen LogP contribution in [0.2, 0.25) is 0 Å². The van der Waals surface area contributed by atoms with Gasteiger partial charge in [0, 0.05) is 6.42 Å². The molecule has 0 saturated heterocycles. The molecule has 1 rings (SSSR count). The van der Waals surface area contributed by atoms with Gasteiger partial charge in [0.2, 0.25) is 0 Å². The van der Waals surface area contributed by atoms with Crippen LogP contribution in [0.5, 0.6) is 0 Å². The number of carboxylic acid groups (broad SMARTS) is 1. The highest BCUT2D eigenvalue weighted by Crippen LogP contribution is 2.22. The Morgan fingerprint density at radius 2 is 1.95 bits per heavy atom. The van der Waals surface area contributed by atoms with E-state index in [1.807, 2.05) is 0 Å². The maximum atomic E-state index is 12.2. The molecule has 0 aromatic heterocycles. The first-order chi connectivity index (χ1) is 8.79. The summed E-state index contributed by atoms with van der Waals surface area (Å²) in [6.07, 6.45) is 0.245. The summed E-state index contributed by atoms with van der Waals surface area (Å²) in [7, 11) is -3.51. The first-order valence-electron chi connectivity index (χ1n) is 5.76. The maximum Gasteiger partial charge on any atom is 0.335 e. The molecular formula is C14H16O4S. The first kappa shape index (κ1) is 15.3. The lowest BCUT2D eigenvalue weighted by Crippen LogP contribution is -2.11. The second-order valence-corrected chi connectivity index (χ2v) is 6.29. The van der Waals surface area contributed by atoms with Crippen LogP contribution in [0.3, 0.4) is 0 Å². The molecular weight excluding hydrogens is 264 g/mol. The van der Waals surface area contributed by atoms with Gasteiger partial charge in [-0.05, 0) is 44.0 Å². The van der Waals surface area contributed by atoms with E-state index in [-0.39, 0.29) is 22.6 Å². The molecule has 1 N–H and O–H groups in total. The van der Waals surface area contributed by atoms with Crippen LogP contribution in [0.25, 0.3) is 0 Å². The molecule has 0 radical (unpaired) electrons. The third kappa shape index (κ3) is 3.58. The van der Waals surface area contributed by atoms with Gasteiger partial charge in [-0.3, -0.25) is 0 Å². The Morgan fingerprint density at radius 1 is 1.32 bits per heavy atom. The zero-order valence-corrected chi connectivity index (χ0v) is 12.0. The highest BCUT2D eigenvalue weighted by molar-refractivity contribution is 7.91. The van der Waals surface area contributed by atoms with E-state index < -0.39 is 15.8 Å². The van der Waals surface area contributed by atoms with E-state index in [0.717, 1.165) is 0 Å². The molecule has 0 atom stereocenters. The number of benzene rings is 1. The predicted molar refractivity (Wildman–Crippen MR) is 73.0 cm³/mol. The second kappa shape index (κ2) is 5.89. The fraction of sp³-hybridized carbons (Fsp3) is 0.357. The Labute approximate surface area is 113 Å². The number of hydrogen-bond donors (Lipinski definition) is 1. The van der Waals surface area contributed by atoms with Gasteiger partial charge >= 0.3 is 5.97 Å².